The second kappa shape index (κ2) is 18.2. The Morgan fingerprint density at radius 3 is 0.812 bits per heavy atom. The molecular formula is C78H70O2. The molecule has 0 unspecified atom stereocenters. The van der Waals surface area contributed by atoms with Crippen LogP contribution in [-0.2, 0) is 21.7 Å². The molecular weight excluding hydrogens is 969 g/mol. The monoisotopic (exact) mass is 1040 g/mol. The predicted molar refractivity (Wildman–Crippen MR) is 335 cm³/mol. The molecule has 0 heterocycles. The van der Waals surface area contributed by atoms with Gasteiger partial charge in [-0.25, -0.2) is 0 Å². The van der Waals surface area contributed by atoms with Gasteiger partial charge >= 0.3 is 0 Å². The summed E-state index contributed by atoms with van der Waals surface area (Å²) >= 11 is 0. The van der Waals surface area contributed by atoms with Crippen molar-refractivity contribution >= 4 is 0 Å². The smallest absolute Gasteiger partial charge is 0.119 e. The highest BCUT2D eigenvalue weighted by Gasteiger charge is 2.43. The first-order chi connectivity index (χ1) is 38.8. The minimum Gasteiger partial charge on any atom is -0.497 e. The summed E-state index contributed by atoms with van der Waals surface area (Å²) in [6.45, 7) is 18.9. The van der Waals surface area contributed by atoms with Gasteiger partial charge in [0.25, 0.3) is 0 Å². The largest absolute Gasteiger partial charge is 0.497 e. The van der Waals surface area contributed by atoms with Gasteiger partial charge in [0.05, 0.1) is 14.2 Å². The standard InChI is InChI=1S/C78H70O2/c1-11-77(12-2)67-21-17-15-19-59(67)65-31-25-49(43-73(65)77)53-36-54(50-26-32-66-60-20-16-18-22-68(60)78(13-3,14-4)74(66)44-50)40-56(39-53)55-37-51(47-23-29-61-63-33-27-57(79-9)45-71(63)75(5,6)69(61)41-47)35-52(38-55)48-24-30-62-64-34-28-58(80-10)46-72(64)76(7,8)70(62)42-48/h15-46H,11-14H2,1-10H3. The van der Waals surface area contributed by atoms with Gasteiger partial charge in [-0.05, 0) is 255 Å². The molecule has 10 aromatic carbocycles. The Labute approximate surface area is 474 Å². The van der Waals surface area contributed by atoms with Gasteiger partial charge in [-0.3, -0.25) is 0 Å². The fourth-order valence-corrected chi connectivity index (χ4v) is 15.6. The van der Waals surface area contributed by atoms with Crippen molar-refractivity contribution in [3.63, 3.8) is 0 Å². The lowest BCUT2D eigenvalue weighted by Gasteiger charge is -2.30. The fourth-order valence-electron chi connectivity index (χ4n) is 15.6. The molecule has 0 aromatic heterocycles. The molecule has 394 valence electrons. The van der Waals surface area contributed by atoms with Crippen LogP contribution in [-0.4, -0.2) is 14.2 Å². The Kier molecular flexibility index (Phi) is 11.4. The van der Waals surface area contributed by atoms with Gasteiger partial charge in [-0.1, -0.05) is 165 Å². The third kappa shape index (κ3) is 7.09. The SMILES string of the molecule is CCC1(CC)c2ccccc2-c2ccc(-c3cc(-c4cc(-c5ccc6c(c5)C(C)(C)c5cc(OC)ccc5-6)cc(-c5ccc6c(c5)C(C)(C)c5cc(OC)ccc5-6)c4)cc(-c4ccc5c(c4)C(CC)(CC)c4ccccc4-5)c3)cc21. The van der Waals surface area contributed by atoms with Crippen LogP contribution < -0.4 is 9.47 Å². The lowest BCUT2D eigenvalue weighted by Crippen LogP contribution is -2.23. The summed E-state index contributed by atoms with van der Waals surface area (Å²) in [6, 6.07) is 75.3. The molecule has 4 aliphatic rings. The number of ether oxygens (including phenoxy) is 2. The zero-order valence-electron chi connectivity index (χ0n) is 48.1. The van der Waals surface area contributed by atoms with Gasteiger partial charge in [0.1, 0.15) is 11.5 Å². The van der Waals surface area contributed by atoms with Crippen LogP contribution in [0.5, 0.6) is 11.5 Å². The van der Waals surface area contributed by atoms with Crippen molar-refractivity contribution in [1.29, 1.82) is 0 Å². The molecule has 2 nitrogen and oxygen atoms in total. The van der Waals surface area contributed by atoms with Crippen LogP contribution in [0.25, 0.3) is 100 Å². The normalized spacial score (nSPS) is 15.5. The molecule has 0 atom stereocenters. The fraction of sp³-hybridized carbons (Fsp3) is 0.231. The van der Waals surface area contributed by atoms with Crippen LogP contribution in [0.2, 0.25) is 0 Å². The van der Waals surface area contributed by atoms with Crippen molar-refractivity contribution in [3.8, 4) is 112 Å². The summed E-state index contributed by atoms with van der Waals surface area (Å²) in [5.41, 5.74) is 33.4. The second-order valence-corrected chi connectivity index (χ2v) is 24.4. The molecule has 80 heavy (non-hydrogen) atoms. The zero-order chi connectivity index (χ0) is 55.0. The van der Waals surface area contributed by atoms with E-state index in [2.05, 4.69) is 250 Å². The average molecular weight is 1040 g/mol. The van der Waals surface area contributed by atoms with E-state index in [1.807, 2.05) is 0 Å². The molecule has 4 aliphatic carbocycles. The summed E-state index contributed by atoms with van der Waals surface area (Å²) in [5.74, 6) is 1.78. The lowest BCUT2D eigenvalue weighted by molar-refractivity contribution is 0.413. The summed E-state index contributed by atoms with van der Waals surface area (Å²) in [5, 5.41) is 0. The summed E-state index contributed by atoms with van der Waals surface area (Å²) in [4.78, 5) is 0. The molecule has 14 rings (SSSR count). The highest BCUT2D eigenvalue weighted by atomic mass is 16.5. The van der Waals surface area contributed by atoms with E-state index < -0.39 is 0 Å². The molecule has 0 fully saturated rings. The van der Waals surface area contributed by atoms with E-state index in [-0.39, 0.29) is 21.7 Å². The minimum absolute atomic E-state index is 0.0417. The molecule has 0 N–H and O–H groups in total. The van der Waals surface area contributed by atoms with Crippen LogP contribution >= 0.6 is 0 Å². The van der Waals surface area contributed by atoms with Gasteiger partial charge in [-0.15, -0.1) is 0 Å². The van der Waals surface area contributed by atoms with E-state index in [0.717, 1.165) is 37.2 Å². The Morgan fingerprint density at radius 2 is 0.500 bits per heavy atom. The van der Waals surface area contributed by atoms with Gasteiger partial charge in [0, 0.05) is 21.7 Å². The highest BCUT2D eigenvalue weighted by molar-refractivity contribution is 5.93. The number of hydrogen-bond acceptors (Lipinski definition) is 2. The summed E-state index contributed by atoms with van der Waals surface area (Å²) < 4.78 is 11.6. The Hall–Kier alpha value is -8.20. The van der Waals surface area contributed by atoms with Crippen LogP contribution in [0, 0.1) is 0 Å². The Bertz CT molecular complexity index is 3950. The number of benzene rings is 10. The third-order valence-corrected chi connectivity index (χ3v) is 20.2. The minimum atomic E-state index is -0.211. The highest BCUT2D eigenvalue weighted by Crippen LogP contribution is 2.57. The molecule has 10 aromatic rings. The molecule has 2 heteroatoms. The van der Waals surface area contributed by atoms with Crippen molar-refractivity contribution in [2.24, 2.45) is 0 Å². The summed E-state index contributed by atoms with van der Waals surface area (Å²) in [7, 11) is 3.52. The van der Waals surface area contributed by atoms with Gasteiger partial charge in [-0.2, -0.15) is 0 Å². The van der Waals surface area contributed by atoms with Crippen molar-refractivity contribution in [1.82, 2.24) is 0 Å². The molecule has 0 spiro atoms. The topological polar surface area (TPSA) is 18.5 Å². The first-order valence-electron chi connectivity index (χ1n) is 29.3. The maximum atomic E-state index is 5.78. The zero-order valence-corrected chi connectivity index (χ0v) is 48.1. The second-order valence-electron chi connectivity index (χ2n) is 24.4. The molecule has 0 aliphatic heterocycles. The quantitative estimate of drug-likeness (QED) is 0.129. The maximum Gasteiger partial charge on any atom is 0.119 e. The van der Waals surface area contributed by atoms with Crippen LogP contribution in [0.4, 0.5) is 0 Å². The van der Waals surface area contributed by atoms with Crippen molar-refractivity contribution < 1.29 is 9.47 Å². The van der Waals surface area contributed by atoms with Crippen LogP contribution in [0.1, 0.15) is 126 Å². The van der Waals surface area contributed by atoms with E-state index in [1.165, 1.54) is 145 Å². The summed E-state index contributed by atoms with van der Waals surface area (Å²) in [6.07, 6.45) is 4.19. The lowest BCUT2D eigenvalue weighted by atomic mass is 9.73. The van der Waals surface area contributed by atoms with E-state index in [9.17, 15) is 0 Å². The number of rotatable bonds is 11. The molecule has 0 saturated heterocycles. The number of fused-ring (bicyclic) bond motifs is 12. The van der Waals surface area contributed by atoms with Gasteiger partial charge in [0.2, 0.25) is 0 Å². The van der Waals surface area contributed by atoms with E-state index in [0.29, 0.717) is 0 Å². The van der Waals surface area contributed by atoms with Crippen LogP contribution in [0.15, 0.2) is 194 Å². The predicted octanol–water partition coefficient (Wildman–Crippen LogP) is 20.8. The van der Waals surface area contributed by atoms with Crippen molar-refractivity contribution in [2.75, 3.05) is 14.2 Å². The third-order valence-electron chi connectivity index (χ3n) is 20.2. The van der Waals surface area contributed by atoms with E-state index >= 15 is 0 Å². The first kappa shape index (κ1) is 50.0. The van der Waals surface area contributed by atoms with Crippen molar-refractivity contribution in [2.45, 2.75) is 103 Å². The first-order valence-corrected chi connectivity index (χ1v) is 29.3. The molecule has 0 bridgehead atoms. The van der Waals surface area contributed by atoms with E-state index in [4.69, 9.17) is 9.47 Å². The van der Waals surface area contributed by atoms with E-state index in [1.54, 1.807) is 14.2 Å². The molecule has 0 amide bonds. The molecule has 0 radical (unpaired) electrons. The van der Waals surface area contributed by atoms with Crippen LogP contribution in [0.3, 0.4) is 0 Å². The number of methoxy groups -OCH3 is 2. The molecule has 0 saturated carbocycles. The van der Waals surface area contributed by atoms with Gasteiger partial charge < -0.3 is 9.47 Å². The Balaban J connectivity index is 0.990. The number of hydrogen-bond donors (Lipinski definition) is 0. The maximum absolute atomic E-state index is 5.78. The average Bonchev–Trinajstić information content (AvgIpc) is 3.88. The van der Waals surface area contributed by atoms with Gasteiger partial charge in [0.15, 0.2) is 0 Å². The van der Waals surface area contributed by atoms with Crippen molar-refractivity contribution in [3.05, 3.63) is 239 Å². The Morgan fingerprint density at radius 1 is 0.250 bits per heavy atom.